The molecule has 0 amide bonds. The lowest BCUT2D eigenvalue weighted by atomic mass is 10.0. The SMILES string of the molecule is Cn1c(=O)n(C)c2cc(C(=O)CCCC(=O)O)ccc21. The Bertz CT molecular complexity index is 739. The number of aliphatic carboxylic acids is 1. The average Bonchev–Trinajstić information content (AvgIpc) is 2.63. The Morgan fingerprint density at radius 1 is 1.10 bits per heavy atom. The number of carbonyl (C=O) groups is 2. The van der Waals surface area contributed by atoms with Crippen molar-refractivity contribution in [2.45, 2.75) is 19.3 Å². The predicted molar refractivity (Wildman–Crippen MR) is 74.0 cm³/mol. The Labute approximate surface area is 115 Å². The standard InChI is InChI=1S/C14H16N2O4/c1-15-10-7-6-9(8-11(10)16(2)14(15)20)12(17)4-3-5-13(18)19/h6-8H,3-5H2,1-2H3,(H,18,19). The molecule has 1 N–H and O–H groups in total. The fourth-order valence-corrected chi connectivity index (χ4v) is 2.22. The first-order valence-corrected chi connectivity index (χ1v) is 6.32. The maximum atomic E-state index is 12.0. The van der Waals surface area contributed by atoms with Gasteiger partial charge >= 0.3 is 11.7 Å². The van der Waals surface area contributed by atoms with Crippen molar-refractivity contribution in [3.8, 4) is 0 Å². The number of carbonyl (C=O) groups excluding carboxylic acids is 1. The molecule has 1 aromatic heterocycles. The molecule has 2 rings (SSSR count). The van der Waals surface area contributed by atoms with Crippen molar-refractivity contribution in [2.75, 3.05) is 0 Å². The predicted octanol–water partition coefficient (Wildman–Crippen LogP) is 1.31. The second-order valence-corrected chi connectivity index (χ2v) is 4.77. The summed E-state index contributed by atoms with van der Waals surface area (Å²) in [5, 5.41) is 8.56. The number of imidazole rings is 1. The van der Waals surface area contributed by atoms with Gasteiger partial charge in [-0.2, -0.15) is 0 Å². The molecule has 6 heteroatoms. The summed E-state index contributed by atoms with van der Waals surface area (Å²) in [6.45, 7) is 0. The zero-order valence-corrected chi connectivity index (χ0v) is 11.4. The van der Waals surface area contributed by atoms with E-state index in [0.717, 1.165) is 5.52 Å². The minimum absolute atomic E-state index is 0.0161. The summed E-state index contributed by atoms with van der Waals surface area (Å²) in [6, 6.07) is 5.09. The van der Waals surface area contributed by atoms with Crippen molar-refractivity contribution in [2.24, 2.45) is 14.1 Å². The Kier molecular flexibility index (Phi) is 3.74. The number of ketones is 1. The van der Waals surface area contributed by atoms with Gasteiger partial charge in [-0.05, 0) is 24.6 Å². The first-order chi connectivity index (χ1) is 9.41. The van der Waals surface area contributed by atoms with Crippen molar-refractivity contribution in [1.29, 1.82) is 0 Å². The summed E-state index contributed by atoms with van der Waals surface area (Å²) >= 11 is 0. The van der Waals surface area contributed by atoms with Gasteiger partial charge in [0.25, 0.3) is 0 Å². The van der Waals surface area contributed by atoms with Gasteiger partial charge in [0.05, 0.1) is 11.0 Å². The molecule has 106 valence electrons. The van der Waals surface area contributed by atoms with Crippen LogP contribution in [0, 0.1) is 0 Å². The molecule has 0 fully saturated rings. The minimum atomic E-state index is -0.904. The number of rotatable bonds is 5. The fourth-order valence-electron chi connectivity index (χ4n) is 2.22. The topological polar surface area (TPSA) is 81.3 Å². The third-order valence-corrected chi connectivity index (χ3v) is 3.39. The maximum absolute atomic E-state index is 12.0. The Balaban J connectivity index is 2.28. The monoisotopic (exact) mass is 276 g/mol. The number of hydrogen-bond donors (Lipinski definition) is 1. The second-order valence-electron chi connectivity index (χ2n) is 4.77. The second kappa shape index (κ2) is 5.32. The highest BCUT2D eigenvalue weighted by molar-refractivity contribution is 5.99. The van der Waals surface area contributed by atoms with E-state index < -0.39 is 5.97 Å². The molecule has 0 aliphatic rings. The molecule has 0 aliphatic heterocycles. The summed E-state index contributed by atoms with van der Waals surface area (Å²) in [7, 11) is 3.34. The van der Waals surface area contributed by atoms with E-state index >= 15 is 0 Å². The molecule has 0 bridgehead atoms. The van der Waals surface area contributed by atoms with Gasteiger partial charge < -0.3 is 5.11 Å². The summed E-state index contributed by atoms with van der Waals surface area (Å²) in [5.74, 6) is -1.01. The molecule has 0 unspecified atom stereocenters. The zero-order valence-electron chi connectivity index (χ0n) is 11.4. The molecule has 0 atom stereocenters. The molecule has 20 heavy (non-hydrogen) atoms. The van der Waals surface area contributed by atoms with Crippen LogP contribution in [0.5, 0.6) is 0 Å². The van der Waals surface area contributed by atoms with Crippen LogP contribution in [0.3, 0.4) is 0 Å². The van der Waals surface area contributed by atoms with E-state index in [1.54, 1.807) is 32.3 Å². The van der Waals surface area contributed by atoms with Crippen LogP contribution in [0.4, 0.5) is 0 Å². The van der Waals surface area contributed by atoms with Gasteiger partial charge in [0.2, 0.25) is 0 Å². The number of hydrogen-bond acceptors (Lipinski definition) is 3. The van der Waals surface area contributed by atoms with E-state index in [0.29, 0.717) is 17.5 Å². The highest BCUT2D eigenvalue weighted by Gasteiger charge is 2.12. The largest absolute Gasteiger partial charge is 0.481 e. The molecular formula is C14H16N2O4. The van der Waals surface area contributed by atoms with Crippen LogP contribution >= 0.6 is 0 Å². The molecule has 1 aromatic carbocycles. The fraction of sp³-hybridized carbons (Fsp3) is 0.357. The lowest BCUT2D eigenvalue weighted by Crippen LogP contribution is -2.19. The number of aromatic nitrogens is 2. The first-order valence-electron chi connectivity index (χ1n) is 6.32. The number of nitrogens with zero attached hydrogens (tertiary/aromatic N) is 2. The van der Waals surface area contributed by atoms with Crippen LogP contribution in [0.2, 0.25) is 0 Å². The van der Waals surface area contributed by atoms with E-state index in [1.165, 1.54) is 9.13 Å². The number of Topliss-reactive ketones (excluding diaryl/α,β-unsaturated/α-hetero) is 1. The first kappa shape index (κ1) is 14.0. The van der Waals surface area contributed by atoms with Gasteiger partial charge in [-0.1, -0.05) is 0 Å². The summed E-state index contributed by atoms with van der Waals surface area (Å²) in [4.78, 5) is 34.2. The third-order valence-electron chi connectivity index (χ3n) is 3.39. The number of benzene rings is 1. The molecular weight excluding hydrogens is 260 g/mol. The van der Waals surface area contributed by atoms with Crippen LogP contribution in [0.25, 0.3) is 11.0 Å². The zero-order chi connectivity index (χ0) is 14.9. The third kappa shape index (κ3) is 2.49. The van der Waals surface area contributed by atoms with E-state index in [-0.39, 0.29) is 24.3 Å². The summed E-state index contributed by atoms with van der Waals surface area (Å²) < 4.78 is 3.01. The van der Waals surface area contributed by atoms with E-state index in [1.807, 2.05) is 0 Å². The van der Waals surface area contributed by atoms with Crippen molar-refractivity contribution in [3.05, 3.63) is 34.2 Å². The van der Waals surface area contributed by atoms with Crippen molar-refractivity contribution >= 4 is 22.8 Å². The summed E-state index contributed by atoms with van der Waals surface area (Å²) in [5.41, 5.74) is 1.82. The van der Waals surface area contributed by atoms with Crippen molar-refractivity contribution in [3.63, 3.8) is 0 Å². The van der Waals surface area contributed by atoms with Crippen molar-refractivity contribution < 1.29 is 14.7 Å². The summed E-state index contributed by atoms with van der Waals surface area (Å²) in [6.07, 6.45) is 0.496. The Morgan fingerprint density at radius 2 is 1.75 bits per heavy atom. The maximum Gasteiger partial charge on any atom is 0.328 e. The molecule has 0 saturated heterocycles. The number of carboxylic acids is 1. The van der Waals surface area contributed by atoms with E-state index in [2.05, 4.69) is 0 Å². The average molecular weight is 276 g/mol. The molecule has 0 aliphatic carbocycles. The van der Waals surface area contributed by atoms with Crippen molar-refractivity contribution in [1.82, 2.24) is 9.13 Å². The van der Waals surface area contributed by atoms with Crippen LogP contribution in [0.1, 0.15) is 29.6 Å². The van der Waals surface area contributed by atoms with Gasteiger partial charge in [-0.3, -0.25) is 18.7 Å². The smallest absolute Gasteiger partial charge is 0.328 e. The van der Waals surface area contributed by atoms with E-state index in [9.17, 15) is 14.4 Å². The molecule has 6 nitrogen and oxygen atoms in total. The molecule has 0 saturated carbocycles. The van der Waals surface area contributed by atoms with Gasteiger partial charge in [-0.15, -0.1) is 0 Å². The van der Waals surface area contributed by atoms with E-state index in [4.69, 9.17) is 5.11 Å². The highest BCUT2D eigenvalue weighted by atomic mass is 16.4. The lowest BCUT2D eigenvalue weighted by molar-refractivity contribution is -0.137. The van der Waals surface area contributed by atoms with Gasteiger partial charge in [0.15, 0.2) is 5.78 Å². The molecule has 1 heterocycles. The van der Waals surface area contributed by atoms with Gasteiger partial charge in [0, 0.05) is 32.5 Å². The quantitative estimate of drug-likeness (QED) is 0.835. The van der Waals surface area contributed by atoms with Crippen LogP contribution < -0.4 is 5.69 Å². The van der Waals surface area contributed by atoms with Gasteiger partial charge in [0.1, 0.15) is 0 Å². The van der Waals surface area contributed by atoms with Crippen LogP contribution in [0.15, 0.2) is 23.0 Å². The normalized spacial score (nSPS) is 10.9. The van der Waals surface area contributed by atoms with Crippen LogP contribution in [-0.2, 0) is 18.9 Å². The Hall–Kier alpha value is -2.37. The number of aryl methyl sites for hydroxylation is 2. The molecule has 2 aromatic rings. The van der Waals surface area contributed by atoms with Gasteiger partial charge in [-0.25, -0.2) is 4.79 Å². The number of fused-ring (bicyclic) bond motifs is 1. The minimum Gasteiger partial charge on any atom is -0.481 e. The lowest BCUT2D eigenvalue weighted by Gasteiger charge is -2.02. The molecule has 0 radical (unpaired) electrons. The van der Waals surface area contributed by atoms with Crippen LogP contribution in [-0.4, -0.2) is 26.0 Å². The molecule has 0 spiro atoms. The highest BCUT2D eigenvalue weighted by Crippen LogP contribution is 2.16. The number of carboxylic acid groups (broad SMARTS) is 1. The Morgan fingerprint density at radius 3 is 2.40 bits per heavy atom.